The van der Waals surface area contributed by atoms with E-state index in [4.69, 9.17) is 20.9 Å². The zero-order valence-corrected chi connectivity index (χ0v) is 19.8. The highest BCUT2D eigenvalue weighted by molar-refractivity contribution is 14.0. The van der Waals surface area contributed by atoms with Gasteiger partial charge in [0.2, 0.25) is 5.89 Å². The van der Waals surface area contributed by atoms with Crippen LogP contribution in [0.25, 0.3) is 0 Å². The van der Waals surface area contributed by atoms with Gasteiger partial charge >= 0.3 is 0 Å². The van der Waals surface area contributed by atoms with Gasteiger partial charge in [-0.3, -0.25) is 4.99 Å². The Labute approximate surface area is 188 Å². The molecule has 1 atom stereocenters. The van der Waals surface area contributed by atoms with Crippen molar-refractivity contribution in [3.05, 3.63) is 41.0 Å². The first-order valence-electron chi connectivity index (χ1n) is 9.21. The molecule has 0 saturated carbocycles. The number of hydrogen-bond acceptors (Lipinski definition) is 5. The first-order chi connectivity index (χ1) is 13.0. The summed E-state index contributed by atoms with van der Waals surface area (Å²) in [6.45, 7) is 7.39. The van der Waals surface area contributed by atoms with Gasteiger partial charge < -0.3 is 19.9 Å². The van der Waals surface area contributed by atoms with Gasteiger partial charge in [0.1, 0.15) is 11.9 Å². The lowest BCUT2D eigenvalue weighted by Crippen LogP contribution is -2.43. The zero-order chi connectivity index (χ0) is 19.6. The van der Waals surface area contributed by atoms with E-state index in [0.717, 1.165) is 12.2 Å². The number of benzene rings is 1. The van der Waals surface area contributed by atoms with Crippen molar-refractivity contribution in [2.75, 3.05) is 20.1 Å². The average molecular weight is 522 g/mol. The van der Waals surface area contributed by atoms with Gasteiger partial charge in [-0.25, -0.2) is 0 Å². The highest BCUT2D eigenvalue weighted by atomic mass is 127. The molecule has 28 heavy (non-hydrogen) atoms. The molecule has 1 aromatic heterocycles. The molecule has 0 saturated heterocycles. The molecule has 1 heterocycles. The van der Waals surface area contributed by atoms with E-state index in [0.29, 0.717) is 42.1 Å². The van der Waals surface area contributed by atoms with Gasteiger partial charge in [0.05, 0.1) is 11.6 Å². The van der Waals surface area contributed by atoms with E-state index >= 15 is 0 Å². The largest absolute Gasteiger partial charge is 0.487 e. The topological polar surface area (TPSA) is 84.6 Å². The number of aromatic nitrogens is 2. The van der Waals surface area contributed by atoms with Crippen LogP contribution in [0.4, 0.5) is 0 Å². The van der Waals surface area contributed by atoms with E-state index in [1.54, 1.807) is 7.05 Å². The summed E-state index contributed by atoms with van der Waals surface area (Å²) in [5.74, 6) is 2.99. The fraction of sp³-hybridized carbons (Fsp3) is 0.526. The molecule has 0 spiro atoms. The minimum atomic E-state index is -0.0204. The smallest absolute Gasteiger partial charge is 0.228 e. The number of ether oxygens (including phenoxy) is 1. The Morgan fingerprint density at radius 1 is 1.29 bits per heavy atom. The molecule has 0 aliphatic rings. The number of nitrogens with one attached hydrogen (secondary N) is 2. The average Bonchev–Trinajstić information content (AvgIpc) is 3.14. The summed E-state index contributed by atoms with van der Waals surface area (Å²) in [5, 5.41) is 11.1. The molecule has 0 aliphatic carbocycles. The predicted molar refractivity (Wildman–Crippen MR) is 123 cm³/mol. The van der Waals surface area contributed by atoms with Crippen LogP contribution < -0.4 is 15.4 Å². The van der Waals surface area contributed by atoms with Crippen molar-refractivity contribution in [1.29, 1.82) is 0 Å². The van der Waals surface area contributed by atoms with Crippen LogP contribution in [-0.2, 0) is 6.42 Å². The normalized spacial score (nSPS) is 12.4. The Morgan fingerprint density at radius 3 is 2.64 bits per heavy atom. The van der Waals surface area contributed by atoms with E-state index in [-0.39, 0.29) is 36.0 Å². The SMILES string of the molecule is CCC(CNC(=NC)NCCc1nc(C(C)C)no1)Oc1ccccc1Cl.I. The highest BCUT2D eigenvalue weighted by Gasteiger charge is 2.12. The molecule has 2 N–H and O–H groups in total. The lowest BCUT2D eigenvalue weighted by atomic mass is 10.2. The lowest BCUT2D eigenvalue weighted by molar-refractivity contribution is 0.199. The van der Waals surface area contributed by atoms with Crippen LogP contribution in [0, 0.1) is 0 Å². The lowest BCUT2D eigenvalue weighted by Gasteiger charge is -2.20. The third-order valence-electron chi connectivity index (χ3n) is 3.94. The van der Waals surface area contributed by atoms with Crippen LogP contribution in [0.15, 0.2) is 33.8 Å². The summed E-state index contributed by atoms with van der Waals surface area (Å²) in [5.41, 5.74) is 0. The number of aliphatic imine (C=N–C) groups is 1. The molecule has 0 fully saturated rings. The van der Waals surface area contributed by atoms with E-state index in [9.17, 15) is 0 Å². The number of nitrogens with zero attached hydrogens (tertiary/aromatic N) is 3. The molecular weight excluding hydrogens is 493 g/mol. The van der Waals surface area contributed by atoms with Crippen molar-refractivity contribution in [2.24, 2.45) is 4.99 Å². The van der Waals surface area contributed by atoms with Crippen LogP contribution in [-0.4, -0.2) is 42.3 Å². The first kappa shape index (κ1) is 24.5. The van der Waals surface area contributed by atoms with Crippen molar-refractivity contribution in [2.45, 2.75) is 45.6 Å². The maximum Gasteiger partial charge on any atom is 0.228 e. The molecule has 1 unspecified atom stereocenters. The van der Waals surface area contributed by atoms with E-state index < -0.39 is 0 Å². The van der Waals surface area contributed by atoms with Crippen LogP contribution in [0.5, 0.6) is 5.75 Å². The quantitative estimate of drug-likeness (QED) is 0.294. The molecule has 9 heteroatoms. The Morgan fingerprint density at radius 2 is 2.04 bits per heavy atom. The van der Waals surface area contributed by atoms with Gasteiger partial charge in [0.25, 0.3) is 0 Å². The van der Waals surface area contributed by atoms with Gasteiger partial charge in [-0.1, -0.05) is 49.7 Å². The molecule has 0 radical (unpaired) electrons. The molecule has 156 valence electrons. The highest BCUT2D eigenvalue weighted by Crippen LogP contribution is 2.24. The maximum atomic E-state index is 6.16. The maximum absolute atomic E-state index is 6.16. The number of hydrogen-bond donors (Lipinski definition) is 2. The summed E-state index contributed by atoms with van der Waals surface area (Å²) < 4.78 is 11.2. The van der Waals surface area contributed by atoms with Crippen LogP contribution >= 0.6 is 35.6 Å². The van der Waals surface area contributed by atoms with Crippen molar-refractivity contribution >= 4 is 41.5 Å². The Balaban J connectivity index is 0.00000392. The molecule has 2 aromatic rings. The van der Waals surface area contributed by atoms with Crippen LogP contribution in [0.2, 0.25) is 5.02 Å². The monoisotopic (exact) mass is 521 g/mol. The van der Waals surface area contributed by atoms with Crippen molar-refractivity contribution in [1.82, 2.24) is 20.8 Å². The minimum Gasteiger partial charge on any atom is -0.487 e. The number of para-hydroxylation sites is 1. The van der Waals surface area contributed by atoms with Crippen LogP contribution in [0.1, 0.15) is 44.8 Å². The second-order valence-electron chi connectivity index (χ2n) is 6.41. The van der Waals surface area contributed by atoms with E-state index in [2.05, 4.69) is 32.7 Å². The predicted octanol–water partition coefficient (Wildman–Crippen LogP) is 4.03. The molecule has 0 amide bonds. The fourth-order valence-electron chi connectivity index (χ4n) is 2.31. The first-order valence-corrected chi connectivity index (χ1v) is 9.59. The number of halogens is 2. The summed E-state index contributed by atoms with van der Waals surface area (Å²) in [7, 11) is 1.73. The summed E-state index contributed by atoms with van der Waals surface area (Å²) in [6.07, 6.45) is 1.45. The summed E-state index contributed by atoms with van der Waals surface area (Å²) in [4.78, 5) is 8.59. The standard InChI is InChI=1S/C19H28ClN5O2.HI/c1-5-14(26-16-9-7-6-8-15(16)20)12-23-19(21-4)22-11-10-17-24-18(13(2)3)25-27-17;/h6-9,13-14H,5,10-12H2,1-4H3,(H2,21,22,23);1H. The second-order valence-corrected chi connectivity index (χ2v) is 6.82. The summed E-state index contributed by atoms with van der Waals surface area (Å²) in [6, 6.07) is 7.48. The van der Waals surface area contributed by atoms with Crippen molar-refractivity contribution in [3.63, 3.8) is 0 Å². The van der Waals surface area contributed by atoms with Gasteiger partial charge in [0, 0.05) is 25.9 Å². The third-order valence-corrected chi connectivity index (χ3v) is 4.25. The molecule has 7 nitrogen and oxygen atoms in total. The molecular formula is C19H29ClIN5O2. The third kappa shape index (κ3) is 7.83. The van der Waals surface area contributed by atoms with E-state index in [1.807, 2.05) is 38.1 Å². The van der Waals surface area contributed by atoms with Crippen LogP contribution in [0.3, 0.4) is 0 Å². The second kappa shape index (κ2) is 12.8. The molecule has 0 aliphatic heterocycles. The van der Waals surface area contributed by atoms with Gasteiger partial charge in [-0.05, 0) is 18.6 Å². The van der Waals surface area contributed by atoms with E-state index in [1.165, 1.54) is 0 Å². The Bertz CT molecular complexity index is 739. The molecule has 0 bridgehead atoms. The number of rotatable bonds is 9. The Hall–Kier alpha value is -1.55. The van der Waals surface area contributed by atoms with Crippen molar-refractivity contribution < 1.29 is 9.26 Å². The molecule has 1 aromatic carbocycles. The Kier molecular flexibility index (Phi) is 11.2. The molecule has 2 rings (SSSR count). The van der Waals surface area contributed by atoms with Gasteiger partial charge in [-0.2, -0.15) is 4.98 Å². The zero-order valence-electron chi connectivity index (χ0n) is 16.7. The minimum absolute atomic E-state index is 0. The summed E-state index contributed by atoms with van der Waals surface area (Å²) >= 11 is 6.16. The van der Waals surface area contributed by atoms with Gasteiger partial charge in [0.15, 0.2) is 11.8 Å². The number of guanidine groups is 1. The fourth-order valence-corrected chi connectivity index (χ4v) is 2.49. The van der Waals surface area contributed by atoms with Gasteiger partial charge in [-0.15, -0.1) is 24.0 Å². The van der Waals surface area contributed by atoms with Crippen molar-refractivity contribution in [3.8, 4) is 5.75 Å².